The van der Waals surface area contributed by atoms with Crippen molar-refractivity contribution in [2.24, 2.45) is 0 Å². The summed E-state index contributed by atoms with van der Waals surface area (Å²) in [5.41, 5.74) is 0. The minimum absolute atomic E-state index is 0.396. The Kier molecular flexibility index (Phi) is 4.17. The van der Waals surface area contributed by atoms with Crippen LogP contribution in [0.15, 0.2) is 4.34 Å². The maximum absolute atomic E-state index is 10.6. The number of thioether (sulfide) groups is 1. The predicted molar refractivity (Wildman–Crippen MR) is 66.1 cm³/mol. The van der Waals surface area contributed by atoms with E-state index in [1.807, 2.05) is 0 Å². The summed E-state index contributed by atoms with van der Waals surface area (Å²) in [6.45, 7) is 3.03. The van der Waals surface area contributed by atoms with Gasteiger partial charge < -0.3 is 9.80 Å². The van der Waals surface area contributed by atoms with Crippen LogP contribution in [0.25, 0.3) is 0 Å². The van der Waals surface area contributed by atoms with Crippen LogP contribution in [-0.4, -0.2) is 53.4 Å². The molecule has 2 heterocycles. The lowest BCUT2D eigenvalue weighted by molar-refractivity contribution is -0.118. The van der Waals surface area contributed by atoms with Gasteiger partial charge in [-0.2, -0.15) is 5.26 Å². The van der Waals surface area contributed by atoms with E-state index in [-0.39, 0.29) is 0 Å². The summed E-state index contributed by atoms with van der Waals surface area (Å²) >= 11 is 2.90. The van der Waals surface area contributed by atoms with Crippen LogP contribution < -0.4 is 4.90 Å². The first-order valence-corrected chi connectivity index (χ1v) is 6.91. The highest BCUT2D eigenvalue weighted by Crippen LogP contribution is 2.28. The van der Waals surface area contributed by atoms with Crippen LogP contribution in [0.1, 0.15) is 0 Å². The highest BCUT2D eigenvalue weighted by Gasteiger charge is 2.18. The summed E-state index contributed by atoms with van der Waals surface area (Å²) < 4.78 is 0.819. The molecule has 1 fully saturated rings. The van der Waals surface area contributed by atoms with Crippen LogP contribution in [-0.2, 0) is 4.79 Å². The van der Waals surface area contributed by atoms with Gasteiger partial charge in [0, 0.05) is 26.2 Å². The van der Waals surface area contributed by atoms with Crippen molar-refractivity contribution in [3.8, 4) is 6.07 Å². The Morgan fingerprint density at radius 2 is 2.18 bits per heavy atom. The quantitative estimate of drug-likeness (QED) is 0.583. The minimum Gasteiger partial charge on any atom is -0.343 e. The molecule has 0 aromatic carbocycles. The first-order valence-electron chi connectivity index (χ1n) is 5.11. The molecule has 0 radical (unpaired) electrons. The molecule has 1 aromatic rings. The normalized spacial score (nSPS) is 15.7. The molecular weight excluding hydrogens is 258 g/mol. The van der Waals surface area contributed by atoms with E-state index in [1.54, 1.807) is 4.90 Å². The van der Waals surface area contributed by atoms with E-state index in [0.29, 0.717) is 5.75 Å². The first-order chi connectivity index (χ1) is 8.33. The number of nitriles is 1. The minimum atomic E-state index is 0.396. The zero-order chi connectivity index (χ0) is 12.1. The van der Waals surface area contributed by atoms with Crippen molar-refractivity contribution in [1.82, 2.24) is 15.1 Å². The van der Waals surface area contributed by atoms with Gasteiger partial charge in [0.25, 0.3) is 0 Å². The number of aromatic nitrogens is 2. The number of carbonyl (C=O) groups is 1. The first kappa shape index (κ1) is 12.1. The molecule has 6 nitrogen and oxygen atoms in total. The van der Waals surface area contributed by atoms with Crippen molar-refractivity contribution in [2.45, 2.75) is 4.34 Å². The molecule has 0 atom stereocenters. The SMILES string of the molecule is N#CCSc1nnc(N2CCN(C=O)CC2)s1. The summed E-state index contributed by atoms with van der Waals surface area (Å²) in [4.78, 5) is 14.4. The van der Waals surface area contributed by atoms with Crippen LogP contribution in [0.4, 0.5) is 5.13 Å². The number of nitrogens with zero attached hydrogens (tertiary/aromatic N) is 5. The second kappa shape index (κ2) is 5.84. The van der Waals surface area contributed by atoms with Crippen LogP contribution in [0, 0.1) is 11.3 Å². The van der Waals surface area contributed by atoms with Gasteiger partial charge >= 0.3 is 0 Å². The molecule has 90 valence electrons. The fourth-order valence-electron chi connectivity index (χ4n) is 1.50. The maximum Gasteiger partial charge on any atom is 0.209 e. The van der Waals surface area contributed by atoms with Gasteiger partial charge in [-0.3, -0.25) is 4.79 Å². The van der Waals surface area contributed by atoms with Crippen LogP contribution in [0.3, 0.4) is 0 Å². The van der Waals surface area contributed by atoms with Gasteiger partial charge in [-0.1, -0.05) is 23.1 Å². The van der Waals surface area contributed by atoms with E-state index in [9.17, 15) is 4.79 Å². The number of hydrogen-bond donors (Lipinski definition) is 0. The molecule has 0 aliphatic carbocycles. The molecule has 1 saturated heterocycles. The molecule has 0 unspecified atom stereocenters. The fourth-order valence-corrected chi connectivity index (χ4v) is 3.06. The lowest BCUT2D eigenvalue weighted by atomic mass is 10.3. The van der Waals surface area contributed by atoms with Gasteiger partial charge in [0.05, 0.1) is 11.8 Å². The Bertz CT molecular complexity index is 421. The molecule has 0 spiro atoms. The fraction of sp³-hybridized carbons (Fsp3) is 0.556. The lowest BCUT2D eigenvalue weighted by Crippen LogP contribution is -2.45. The predicted octanol–water partition coefficient (Wildman–Crippen LogP) is 0.432. The molecule has 0 saturated carbocycles. The van der Waals surface area contributed by atoms with E-state index in [1.165, 1.54) is 23.1 Å². The number of carbonyl (C=O) groups excluding carboxylic acids is 1. The third-order valence-corrected chi connectivity index (χ3v) is 4.37. The van der Waals surface area contributed by atoms with Crippen molar-refractivity contribution < 1.29 is 4.79 Å². The smallest absolute Gasteiger partial charge is 0.209 e. The van der Waals surface area contributed by atoms with Gasteiger partial charge in [0.2, 0.25) is 11.5 Å². The molecule has 0 N–H and O–H groups in total. The maximum atomic E-state index is 10.6. The van der Waals surface area contributed by atoms with E-state index < -0.39 is 0 Å². The molecule has 17 heavy (non-hydrogen) atoms. The highest BCUT2D eigenvalue weighted by atomic mass is 32.2. The van der Waals surface area contributed by atoms with Crippen LogP contribution >= 0.6 is 23.1 Å². The number of piperazine rings is 1. The molecule has 0 bridgehead atoms. The van der Waals surface area contributed by atoms with Crippen molar-refractivity contribution >= 4 is 34.6 Å². The monoisotopic (exact) mass is 269 g/mol. The number of hydrogen-bond acceptors (Lipinski definition) is 7. The van der Waals surface area contributed by atoms with E-state index in [4.69, 9.17) is 5.26 Å². The van der Waals surface area contributed by atoms with E-state index in [2.05, 4.69) is 21.2 Å². The zero-order valence-corrected chi connectivity index (χ0v) is 10.7. The summed E-state index contributed by atoms with van der Waals surface area (Å²) in [6.07, 6.45) is 0.881. The molecule has 1 aliphatic rings. The second-order valence-electron chi connectivity index (χ2n) is 3.43. The average molecular weight is 269 g/mol. The van der Waals surface area contributed by atoms with Crippen LogP contribution in [0.5, 0.6) is 0 Å². The third-order valence-electron chi connectivity index (χ3n) is 2.39. The van der Waals surface area contributed by atoms with Gasteiger partial charge in [-0.05, 0) is 0 Å². The summed E-state index contributed by atoms with van der Waals surface area (Å²) in [6, 6.07) is 2.06. The molecule has 1 aliphatic heterocycles. The van der Waals surface area contributed by atoms with E-state index in [0.717, 1.165) is 42.1 Å². The number of anilines is 1. The zero-order valence-electron chi connectivity index (χ0n) is 9.07. The molecular formula is C9H11N5OS2. The summed E-state index contributed by atoms with van der Waals surface area (Å²) in [7, 11) is 0. The number of rotatable bonds is 4. The van der Waals surface area contributed by atoms with E-state index >= 15 is 0 Å². The summed E-state index contributed by atoms with van der Waals surface area (Å²) in [5, 5.41) is 17.5. The Morgan fingerprint density at radius 3 is 2.82 bits per heavy atom. The second-order valence-corrected chi connectivity index (χ2v) is 5.60. The number of amides is 1. The highest BCUT2D eigenvalue weighted by molar-refractivity contribution is 8.01. The van der Waals surface area contributed by atoms with Crippen molar-refractivity contribution in [3.05, 3.63) is 0 Å². The molecule has 8 heteroatoms. The Balaban J connectivity index is 1.92. The topological polar surface area (TPSA) is 73.1 Å². The van der Waals surface area contributed by atoms with Gasteiger partial charge in [-0.15, -0.1) is 10.2 Å². The van der Waals surface area contributed by atoms with Crippen molar-refractivity contribution in [3.63, 3.8) is 0 Å². The lowest BCUT2D eigenvalue weighted by Gasteiger charge is -2.31. The average Bonchev–Trinajstić information content (AvgIpc) is 2.85. The Morgan fingerprint density at radius 1 is 1.41 bits per heavy atom. The standard InChI is InChI=1S/C9H11N5OS2/c10-1-6-16-9-12-11-8(17-9)14-4-2-13(7-15)3-5-14/h7H,2-6H2. The van der Waals surface area contributed by atoms with Crippen molar-refractivity contribution in [1.29, 1.82) is 5.26 Å². The third kappa shape index (κ3) is 3.08. The molecule has 1 amide bonds. The Labute approximate surface area is 107 Å². The molecule has 1 aromatic heterocycles. The van der Waals surface area contributed by atoms with Gasteiger partial charge in [0.15, 0.2) is 4.34 Å². The van der Waals surface area contributed by atoms with Gasteiger partial charge in [-0.25, -0.2) is 0 Å². The largest absolute Gasteiger partial charge is 0.343 e. The molecule has 2 rings (SSSR count). The van der Waals surface area contributed by atoms with Crippen LogP contribution in [0.2, 0.25) is 0 Å². The van der Waals surface area contributed by atoms with Crippen molar-refractivity contribution in [2.75, 3.05) is 36.8 Å². The Hall–Kier alpha value is -1.33. The van der Waals surface area contributed by atoms with Gasteiger partial charge in [0.1, 0.15) is 0 Å². The summed E-state index contributed by atoms with van der Waals surface area (Å²) in [5.74, 6) is 0.396.